The Morgan fingerprint density at radius 2 is 1.75 bits per heavy atom. The summed E-state index contributed by atoms with van der Waals surface area (Å²) in [4.78, 5) is 24.7. The second-order valence-electron chi connectivity index (χ2n) is 6.60. The van der Waals surface area contributed by atoms with Gasteiger partial charge in [0.2, 0.25) is 11.8 Å². The van der Waals surface area contributed by atoms with Crippen molar-refractivity contribution in [3.8, 4) is 0 Å². The summed E-state index contributed by atoms with van der Waals surface area (Å²) in [6.07, 6.45) is 6.42. The maximum atomic E-state index is 12.4. The molecule has 2 atom stereocenters. The van der Waals surface area contributed by atoms with Crippen LogP contribution in [0.15, 0.2) is 30.5 Å². The maximum Gasteiger partial charge on any atom is 0.243 e. The molecule has 24 heavy (non-hydrogen) atoms. The molecule has 0 bridgehead atoms. The number of hydrogen-bond donors (Lipinski definition) is 2. The number of unbranched alkanes of at least 4 members (excludes halogenated alkanes) is 2. The molecule has 2 N–H and O–H groups in total. The monoisotopic (exact) mass is 327 g/mol. The van der Waals surface area contributed by atoms with Crippen LogP contribution in [0.1, 0.15) is 38.2 Å². The lowest BCUT2D eigenvalue weighted by molar-refractivity contribution is -0.136. The highest BCUT2D eigenvalue weighted by molar-refractivity contribution is 5.97. The second-order valence-corrected chi connectivity index (χ2v) is 6.60. The summed E-state index contributed by atoms with van der Waals surface area (Å²) in [5.41, 5.74) is 2.21. The molecule has 0 unspecified atom stereocenters. The summed E-state index contributed by atoms with van der Waals surface area (Å²) in [6, 6.07) is 7.23. The quantitative estimate of drug-likeness (QED) is 0.800. The van der Waals surface area contributed by atoms with E-state index in [2.05, 4.69) is 34.3 Å². The van der Waals surface area contributed by atoms with Crippen molar-refractivity contribution in [1.82, 2.24) is 15.2 Å². The standard InChI is InChI=1S/C19H25N3O2/c1-3-4-5-9-15-18(23)21-16(19(24)20-15)11-13-12-22(2)17-10-7-6-8-14(13)17/h6-8,10,12,15-16H,3-5,9,11H2,1-2H3,(H,20,24)(H,21,23)/t15-,16-/m0/s1. The van der Waals surface area contributed by atoms with Crippen molar-refractivity contribution in [1.29, 1.82) is 0 Å². The number of benzene rings is 1. The molecule has 0 radical (unpaired) electrons. The number of hydrogen-bond acceptors (Lipinski definition) is 2. The molecule has 0 aliphatic carbocycles. The van der Waals surface area contributed by atoms with Gasteiger partial charge in [-0.05, 0) is 18.1 Å². The molecule has 1 aliphatic rings. The van der Waals surface area contributed by atoms with E-state index in [1.807, 2.05) is 25.4 Å². The predicted molar refractivity (Wildman–Crippen MR) is 94.6 cm³/mol. The lowest BCUT2D eigenvalue weighted by Gasteiger charge is -2.29. The highest BCUT2D eigenvalue weighted by atomic mass is 16.2. The minimum absolute atomic E-state index is 0.0593. The van der Waals surface area contributed by atoms with Gasteiger partial charge in [-0.15, -0.1) is 0 Å². The van der Waals surface area contributed by atoms with Crippen LogP contribution in [0.25, 0.3) is 10.9 Å². The third kappa shape index (κ3) is 3.30. The van der Waals surface area contributed by atoms with Gasteiger partial charge >= 0.3 is 0 Å². The number of aryl methyl sites for hydroxylation is 1. The average Bonchev–Trinajstić information content (AvgIpc) is 2.89. The Kier molecular flexibility index (Phi) is 4.88. The number of carbonyl (C=O) groups is 2. The first-order chi connectivity index (χ1) is 11.6. The van der Waals surface area contributed by atoms with Crippen LogP contribution in [0.3, 0.4) is 0 Å². The minimum Gasteiger partial charge on any atom is -0.350 e. The molecule has 0 saturated carbocycles. The van der Waals surface area contributed by atoms with E-state index in [0.29, 0.717) is 12.8 Å². The van der Waals surface area contributed by atoms with Crippen LogP contribution >= 0.6 is 0 Å². The van der Waals surface area contributed by atoms with E-state index in [0.717, 1.165) is 35.7 Å². The Bertz CT molecular complexity index is 750. The summed E-state index contributed by atoms with van der Waals surface area (Å²) >= 11 is 0. The molecular weight excluding hydrogens is 302 g/mol. The van der Waals surface area contributed by atoms with Gasteiger partial charge in [0.05, 0.1) is 0 Å². The molecule has 1 aromatic heterocycles. The molecule has 2 heterocycles. The van der Waals surface area contributed by atoms with Crippen LogP contribution in [0.2, 0.25) is 0 Å². The lowest BCUT2D eigenvalue weighted by atomic mass is 9.99. The van der Waals surface area contributed by atoms with E-state index in [4.69, 9.17) is 0 Å². The van der Waals surface area contributed by atoms with Crippen molar-refractivity contribution in [2.45, 2.75) is 51.1 Å². The third-order valence-electron chi connectivity index (χ3n) is 4.77. The minimum atomic E-state index is -0.495. The summed E-state index contributed by atoms with van der Waals surface area (Å²) < 4.78 is 2.06. The van der Waals surface area contributed by atoms with Crippen LogP contribution in [0.5, 0.6) is 0 Å². The smallest absolute Gasteiger partial charge is 0.243 e. The number of carbonyl (C=O) groups excluding carboxylic acids is 2. The highest BCUT2D eigenvalue weighted by Gasteiger charge is 2.33. The molecule has 1 saturated heterocycles. The van der Waals surface area contributed by atoms with Gasteiger partial charge in [0.25, 0.3) is 0 Å². The zero-order chi connectivity index (χ0) is 17.1. The number of rotatable bonds is 6. The molecule has 1 aromatic carbocycles. The van der Waals surface area contributed by atoms with Crippen molar-refractivity contribution >= 4 is 22.7 Å². The van der Waals surface area contributed by atoms with Crippen molar-refractivity contribution in [2.24, 2.45) is 7.05 Å². The van der Waals surface area contributed by atoms with Crippen LogP contribution in [0.4, 0.5) is 0 Å². The molecule has 5 nitrogen and oxygen atoms in total. The SMILES string of the molecule is CCCCC[C@@H]1NC(=O)[C@H](Cc2cn(C)c3ccccc23)NC1=O. The van der Waals surface area contributed by atoms with Gasteiger partial charge in [-0.1, -0.05) is 44.4 Å². The van der Waals surface area contributed by atoms with E-state index in [1.54, 1.807) is 0 Å². The molecular formula is C19H25N3O2. The van der Waals surface area contributed by atoms with Gasteiger partial charge in [-0.3, -0.25) is 9.59 Å². The summed E-state index contributed by atoms with van der Waals surface area (Å²) in [5.74, 6) is -0.139. The fourth-order valence-electron chi connectivity index (χ4n) is 3.43. The molecule has 2 aromatic rings. The van der Waals surface area contributed by atoms with E-state index in [1.165, 1.54) is 0 Å². The third-order valence-corrected chi connectivity index (χ3v) is 4.77. The summed E-state index contributed by atoms with van der Waals surface area (Å²) in [6.45, 7) is 2.12. The fourth-order valence-corrected chi connectivity index (χ4v) is 3.43. The van der Waals surface area contributed by atoms with Crippen molar-refractivity contribution in [2.75, 3.05) is 0 Å². The Morgan fingerprint density at radius 1 is 1.04 bits per heavy atom. The lowest BCUT2D eigenvalue weighted by Crippen LogP contribution is -2.62. The number of para-hydroxylation sites is 1. The number of piperazine rings is 1. The van der Waals surface area contributed by atoms with Gasteiger partial charge in [-0.25, -0.2) is 0 Å². The van der Waals surface area contributed by atoms with Crippen LogP contribution in [-0.4, -0.2) is 28.5 Å². The summed E-state index contributed by atoms with van der Waals surface area (Å²) in [5, 5.41) is 6.93. The molecule has 128 valence electrons. The second kappa shape index (κ2) is 7.07. The van der Waals surface area contributed by atoms with E-state index < -0.39 is 6.04 Å². The van der Waals surface area contributed by atoms with E-state index in [9.17, 15) is 9.59 Å². The molecule has 3 rings (SSSR count). The van der Waals surface area contributed by atoms with Crippen LogP contribution < -0.4 is 10.6 Å². The summed E-state index contributed by atoms with van der Waals surface area (Å²) in [7, 11) is 2.00. The molecule has 0 spiro atoms. The Balaban J connectivity index is 1.70. The normalized spacial score (nSPS) is 20.9. The number of amides is 2. The number of nitrogens with one attached hydrogen (secondary N) is 2. The molecule has 2 amide bonds. The maximum absolute atomic E-state index is 12.4. The van der Waals surface area contributed by atoms with Gasteiger partial charge in [0, 0.05) is 30.6 Å². The zero-order valence-electron chi connectivity index (χ0n) is 14.3. The average molecular weight is 327 g/mol. The van der Waals surface area contributed by atoms with Crippen molar-refractivity contribution in [3.63, 3.8) is 0 Å². The Morgan fingerprint density at radius 3 is 2.54 bits per heavy atom. The van der Waals surface area contributed by atoms with Crippen LogP contribution in [-0.2, 0) is 23.1 Å². The first-order valence-corrected chi connectivity index (χ1v) is 8.74. The van der Waals surface area contributed by atoms with Crippen molar-refractivity contribution < 1.29 is 9.59 Å². The van der Waals surface area contributed by atoms with Gasteiger partial charge in [0.15, 0.2) is 0 Å². The van der Waals surface area contributed by atoms with Gasteiger partial charge in [0.1, 0.15) is 12.1 Å². The zero-order valence-corrected chi connectivity index (χ0v) is 14.3. The van der Waals surface area contributed by atoms with E-state index >= 15 is 0 Å². The fraction of sp³-hybridized carbons (Fsp3) is 0.474. The Labute approximate surface area is 142 Å². The van der Waals surface area contributed by atoms with E-state index in [-0.39, 0.29) is 17.9 Å². The molecule has 1 aliphatic heterocycles. The first-order valence-electron chi connectivity index (χ1n) is 8.74. The van der Waals surface area contributed by atoms with Gasteiger partial charge in [-0.2, -0.15) is 0 Å². The first kappa shape index (κ1) is 16.6. The van der Waals surface area contributed by atoms with Crippen LogP contribution in [0, 0.1) is 0 Å². The predicted octanol–water partition coefficient (Wildman–Crippen LogP) is 2.28. The largest absolute Gasteiger partial charge is 0.350 e. The van der Waals surface area contributed by atoms with Gasteiger partial charge < -0.3 is 15.2 Å². The number of nitrogens with zero attached hydrogens (tertiary/aromatic N) is 1. The molecule has 1 fully saturated rings. The molecule has 5 heteroatoms. The number of fused-ring (bicyclic) bond motifs is 1. The van der Waals surface area contributed by atoms with Crippen molar-refractivity contribution in [3.05, 3.63) is 36.0 Å². The topological polar surface area (TPSA) is 63.1 Å². The Hall–Kier alpha value is -2.30. The number of aromatic nitrogens is 1. The highest BCUT2D eigenvalue weighted by Crippen LogP contribution is 2.22.